The summed E-state index contributed by atoms with van der Waals surface area (Å²) < 4.78 is 11.3. The van der Waals surface area contributed by atoms with Crippen molar-refractivity contribution in [1.29, 1.82) is 0 Å². The molecule has 0 N–H and O–H groups in total. The average molecular weight is 540 g/mol. The van der Waals surface area contributed by atoms with E-state index in [9.17, 15) is 9.59 Å². The number of aryl methyl sites for hydroxylation is 1. The zero-order valence-electron chi connectivity index (χ0n) is 24.1. The van der Waals surface area contributed by atoms with Gasteiger partial charge in [0.2, 0.25) is 11.7 Å². The lowest BCUT2D eigenvalue weighted by molar-refractivity contribution is -0.127. The van der Waals surface area contributed by atoms with Gasteiger partial charge in [0.25, 0.3) is 0 Å². The van der Waals surface area contributed by atoms with Crippen LogP contribution in [0.1, 0.15) is 93.6 Å². The normalized spacial score (nSPS) is 16.2. The van der Waals surface area contributed by atoms with Gasteiger partial charge in [-0.25, -0.2) is 4.79 Å². The van der Waals surface area contributed by atoms with Gasteiger partial charge in [-0.2, -0.15) is 0 Å². The van der Waals surface area contributed by atoms with Crippen LogP contribution in [0.4, 0.5) is 5.69 Å². The summed E-state index contributed by atoms with van der Waals surface area (Å²) in [6.45, 7) is 6.10. The summed E-state index contributed by atoms with van der Waals surface area (Å²) in [6, 6.07) is 22.6. The number of amides is 1. The van der Waals surface area contributed by atoms with Crippen LogP contribution >= 0.6 is 0 Å². The highest BCUT2D eigenvalue weighted by atomic mass is 16.7. The second kappa shape index (κ2) is 12.3. The molecule has 3 aromatic rings. The predicted octanol–water partition coefficient (Wildman–Crippen LogP) is 8.49. The molecule has 210 valence electrons. The van der Waals surface area contributed by atoms with Gasteiger partial charge in [0.1, 0.15) is 11.3 Å². The molecule has 1 fully saturated rings. The quantitative estimate of drug-likeness (QED) is 0.242. The Morgan fingerprint density at radius 3 is 2.20 bits per heavy atom. The largest absolute Gasteiger partial charge is 0.452 e. The zero-order valence-corrected chi connectivity index (χ0v) is 24.1. The van der Waals surface area contributed by atoms with Crippen molar-refractivity contribution in [3.8, 4) is 16.9 Å². The maximum absolute atomic E-state index is 13.7. The van der Waals surface area contributed by atoms with Crippen LogP contribution in [0.5, 0.6) is 5.75 Å². The van der Waals surface area contributed by atoms with E-state index in [1.54, 1.807) is 26.0 Å². The van der Waals surface area contributed by atoms with E-state index in [1.807, 2.05) is 11.0 Å². The molecule has 40 heavy (non-hydrogen) atoms. The van der Waals surface area contributed by atoms with Crippen LogP contribution in [0.25, 0.3) is 11.1 Å². The Balaban J connectivity index is 1.36. The van der Waals surface area contributed by atoms with Crippen molar-refractivity contribution < 1.29 is 19.1 Å². The van der Waals surface area contributed by atoms with E-state index >= 15 is 0 Å². The maximum Gasteiger partial charge on any atom is 0.345 e. The number of carbonyl (C=O) groups is 2. The first-order chi connectivity index (χ1) is 19.3. The SMILES string of the molecule is CCCCc1ccc(-c2ccc(CN(C(=O)CCC3CCCC3)c3ccc4c(c3)OC(C)(C)OC4=O)cc2)cc1. The van der Waals surface area contributed by atoms with Crippen molar-refractivity contribution in [3.63, 3.8) is 0 Å². The molecule has 1 saturated carbocycles. The second-order valence-electron chi connectivity index (χ2n) is 11.7. The number of unbranched alkanes of at least 4 members (excludes halogenated alkanes) is 1. The molecule has 0 spiro atoms. The Labute approximate surface area is 238 Å². The standard InChI is InChI=1S/C35H41NO4/c1-4-5-8-26-11-16-28(17-12-26)29-18-13-27(14-19-29)24-36(33(37)22-15-25-9-6-7-10-25)30-20-21-31-32(23-30)39-35(2,3)40-34(31)38/h11-14,16-21,23,25H,4-10,15,22,24H2,1-3H3. The average Bonchev–Trinajstić information content (AvgIpc) is 3.47. The molecule has 0 aromatic heterocycles. The van der Waals surface area contributed by atoms with Crippen molar-refractivity contribution in [3.05, 3.63) is 83.4 Å². The lowest BCUT2D eigenvalue weighted by Gasteiger charge is -2.32. The molecule has 0 saturated heterocycles. The van der Waals surface area contributed by atoms with Crippen LogP contribution < -0.4 is 9.64 Å². The molecule has 5 nitrogen and oxygen atoms in total. The molecule has 1 heterocycles. The van der Waals surface area contributed by atoms with Crippen LogP contribution in [-0.4, -0.2) is 17.7 Å². The van der Waals surface area contributed by atoms with Gasteiger partial charge < -0.3 is 14.4 Å². The highest BCUT2D eigenvalue weighted by molar-refractivity contribution is 5.97. The van der Waals surface area contributed by atoms with Gasteiger partial charge in [-0.15, -0.1) is 0 Å². The van der Waals surface area contributed by atoms with Crippen LogP contribution in [0.15, 0.2) is 66.7 Å². The molecular formula is C35H41NO4. The Bertz CT molecular complexity index is 1320. The van der Waals surface area contributed by atoms with Crippen LogP contribution in [0, 0.1) is 5.92 Å². The van der Waals surface area contributed by atoms with E-state index in [1.165, 1.54) is 49.7 Å². The second-order valence-corrected chi connectivity index (χ2v) is 11.7. The van der Waals surface area contributed by atoms with Crippen molar-refractivity contribution in [2.24, 2.45) is 5.92 Å². The number of carbonyl (C=O) groups excluding carboxylic acids is 2. The first-order valence-corrected chi connectivity index (χ1v) is 14.9. The Kier molecular flexibility index (Phi) is 8.58. The predicted molar refractivity (Wildman–Crippen MR) is 159 cm³/mol. The van der Waals surface area contributed by atoms with Gasteiger partial charge in [-0.3, -0.25) is 4.79 Å². The fourth-order valence-corrected chi connectivity index (χ4v) is 5.81. The minimum absolute atomic E-state index is 0.0937. The van der Waals surface area contributed by atoms with Crippen molar-refractivity contribution in [2.75, 3.05) is 4.90 Å². The van der Waals surface area contributed by atoms with Gasteiger partial charge in [0.05, 0.1) is 6.54 Å². The Hall–Kier alpha value is -3.60. The lowest BCUT2D eigenvalue weighted by Crippen LogP contribution is -2.39. The number of anilines is 1. The minimum Gasteiger partial charge on any atom is -0.452 e. The molecule has 0 bridgehead atoms. The van der Waals surface area contributed by atoms with Gasteiger partial charge in [0.15, 0.2) is 0 Å². The summed E-state index contributed by atoms with van der Waals surface area (Å²) in [7, 11) is 0. The molecule has 5 heteroatoms. The third kappa shape index (κ3) is 6.75. The third-order valence-electron chi connectivity index (χ3n) is 8.13. The topological polar surface area (TPSA) is 55.8 Å². The highest BCUT2D eigenvalue weighted by Crippen LogP contribution is 2.36. The molecule has 0 radical (unpaired) electrons. The summed E-state index contributed by atoms with van der Waals surface area (Å²) in [6.07, 6.45) is 9.94. The van der Waals surface area contributed by atoms with E-state index in [4.69, 9.17) is 9.47 Å². The summed E-state index contributed by atoms with van der Waals surface area (Å²) in [5, 5.41) is 0. The van der Waals surface area contributed by atoms with Gasteiger partial charge >= 0.3 is 5.97 Å². The number of cyclic esters (lactones) is 1. The van der Waals surface area contributed by atoms with E-state index in [0.717, 1.165) is 29.7 Å². The number of esters is 1. The molecular weight excluding hydrogens is 498 g/mol. The van der Waals surface area contributed by atoms with Gasteiger partial charge in [-0.1, -0.05) is 87.6 Å². The van der Waals surface area contributed by atoms with E-state index in [2.05, 4.69) is 55.5 Å². The van der Waals surface area contributed by atoms with Crippen molar-refractivity contribution in [2.45, 2.75) is 90.9 Å². The number of ether oxygens (including phenoxy) is 2. The third-order valence-corrected chi connectivity index (χ3v) is 8.13. The van der Waals surface area contributed by atoms with E-state index in [-0.39, 0.29) is 5.91 Å². The lowest BCUT2D eigenvalue weighted by atomic mass is 10.00. The smallest absolute Gasteiger partial charge is 0.345 e. The number of hydrogen-bond donors (Lipinski definition) is 0. The number of hydrogen-bond acceptors (Lipinski definition) is 4. The first-order valence-electron chi connectivity index (χ1n) is 14.9. The monoisotopic (exact) mass is 539 g/mol. The molecule has 1 aliphatic carbocycles. The fraction of sp³-hybridized carbons (Fsp3) is 0.429. The number of rotatable bonds is 10. The van der Waals surface area contributed by atoms with Crippen molar-refractivity contribution >= 4 is 17.6 Å². The summed E-state index contributed by atoms with van der Waals surface area (Å²) in [5.41, 5.74) is 5.89. The molecule has 5 rings (SSSR count). The minimum atomic E-state index is -1.05. The maximum atomic E-state index is 13.7. The van der Waals surface area contributed by atoms with E-state index in [0.29, 0.717) is 30.2 Å². The number of fused-ring (bicyclic) bond motifs is 1. The zero-order chi connectivity index (χ0) is 28.1. The highest BCUT2D eigenvalue weighted by Gasteiger charge is 2.34. The van der Waals surface area contributed by atoms with Gasteiger partial charge in [-0.05, 0) is 59.6 Å². The molecule has 1 aliphatic heterocycles. The summed E-state index contributed by atoms with van der Waals surface area (Å²) in [4.78, 5) is 28.0. The van der Waals surface area contributed by atoms with Crippen molar-refractivity contribution in [1.82, 2.24) is 0 Å². The van der Waals surface area contributed by atoms with Crippen LogP contribution in [-0.2, 0) is 22.5 Å². The molecule has 0 atom stereocenters. The molecule has 0 unspecified atom stereocenters. The van der Waals surface area contributed by atoms with Crippen LogP contribution in [0.2, 0.25) is 0 Å². The Morgan fingerprint density at radius 2 is 1.55 bits per heavy atom. The van der Waals surface area contributed by atoms with Gasteiger partial charge in [0, 0.05) is 32.0 Å². The summed E-state index contributed by atoms with van der Waals surface area (Å²) in [5.74, 6) is -0.280. The number of nitrogens with zero attached hydrogens (tertiary/aromatic N) is 1. The molecule has 1 amide bonds. The van der Waals surface area contributed by atoms with E-state index < -0.39 is 11.8 Å². The first kappa shape index (κ1) is 27.9. The summed E-state index contributed by atoms with van der Waals surface area (Å²) >= 11 is 0. The fourth-order valence-electron chi connectivity index (χ4n) is 5.81. The molecule has 2 aliphatic rings. The number of benzene rings is 3. The molecule has 3 aromatic carbocycles. The Morgan fingerprint density at radius 1 is 0.900 bits per heavy atom. The van der Waals surface area contributed by atoms with Crippen LogP contribution in [0.3, 0.4) is 0 Å².